The number of imidazole rings is 1. The summed E-state index contributed by atoms with van der Waals surface area (Å²) in [7, 11) is 2.06. The van der Waals surface area contributed by atoms with Gasteiger partial charge in [-0.3, -0.25) is 4.98 Å². The summed E-state index contributed by atoms with van der Waals surface area (Å²) < 4.78 is 4.33. The van der Waals surface area contributed by atoms with Crippen LogP contribution in [0, 0.1) is 13.3 Å². The van der Waals surface area contributed by atoms with Crippen molar-refractivity contribution in [1.29, 1.82) is 0 Å². The average molecular weight is 818 g/mol. The van der Waals surface area contributed by atoms with Gasteiger partial charge in [0.1, 0.15) is 0 Å². The predicted octanol–water partition coefficient (Wildman–Crippen LogP) is 12.4. The van der Waals surface area contributed by atoms with E-state index in [4.69, 9.17) is 4.98 Å². The van der Waals surface area contributed by atoms with Gasteiger partial charge in [0.05, 0.1) is 23.6 Å². The van der Waals surface area contributed by atoms with E-state index in [1.165, 1.54) is 94.6 Å². The van der Waals surface area contributed by atoms with Crippen molar-refractivity contribution in [1.82, 2.24) is 9.55 Å². The Kier molecular flexibility index (Phi) is 7.78. The second kappa shape index (κ2) is 13.6. The number of nitrogens with zero attached hydrogens (tertiary/aromatic N) is 3. The normalized spacial score (nSPS) is 15.1. The summed E-state index contributed by atoms with van der Waals surface area (Å²) in [4.78, 5) is 5.27. The smallest absolute Gasteiger partial charge is 0.204 e. The molecule has 10 aromatic rings. The Morgan fingerprint density at radius 2 is 0.812 bits per heavy atom. The summed E-state index contributed by atoms with van der Waals surface area (Å²) in [5, 5.41) is 0. The van der Waals surface area contributed by atoms with Gasteiger partial charge in [0, 0.05) is 22.9 Å². The van der Waals surface area contributed by atoms with Crippen LogP contribution in [0.3, 0.4) is 0 Å². The van der Waals surface area contributed by atoms with Crippen molar-refractivity contribution in [3.05, 3.63) is 298 Å². The van der Waals surface area contributed by atoms with Gasteiger partial charge in [-0.1, -0.05) is 188 Å². The molecule has 3 aliphatic rings. The standard InChI is InChI=1S/C61H43N3/c1-41-33-34-62-58(37-41)60(54-29-11-5-23-48(54)49-24-6-12-30-55(49)60)44-19-15-17-42(38-44)59(52-27-9-3-21-46(52)47-22-4-10-28-53(47)59)43-18-16-20-45(39-43)61(64-36-35-63(2)40-64)56-31-13-7-25-50(56)51-26-8-14-32-57(51)61/h3-39H,1-2H3. The molecule has 0 saturated heterocycles. The number of benzene rings is 8. The molecule has 0 fully saturated rings. The molecular weight excluding hydrogens is 775 g/mol. The molecule has 0 spiro atoms. The van der Waals surface area contributed by atoms with E-state index in [0.29, 0.717) is 0 Å². The fourth-order valence-corrected chi connectivity index (χ4v) is 12.2. The third-order valence-corrected chi connectivity index (χ3v) is 14.6. The fourth-order valence-electron chi connectivity index (χ4n) is 12.2. The first-order chi connectivity index (χ1) is 31.5. The third kappa shape index (κ3) is 4.66. The highest BCUT2D eigenvalue weighted by atomic mass is 15.2. The van der Waals surface area contributed by atoms with E-state index in [1.807, 2.05) is 10.8 Å². The summed E-state index contributed by atoms with van der Waals surface area (Å²) in [5.41, 5.74) is 20.1. The second-order valence-electron chi connectivity index (χ2n) is 17.7. The molecule has 0 atom stereocenters. The molecule has 302 valence electrons. The van der Waals surface area contributed by atoms with Gasteiger partial charge < -0.3 is 9.13 Å². The SMILES string of the molecule is Cc1ccnc(C2(c3cccc(C4(c5cccc(C6(n7[c-][n+](C)cc7)c7ccccc7-c7ccccc76)c5)c5ccccc5-c5ccccc54)c3)c3ccccc3-c3ccccc32)c1. The molecule has 3 aliphatic carbocycles. The van der Waals surface area contributed by atoms with Gasteiger partial charge in [0.25, 0.3) is 0 Å². The van der Waals surface area contributed by atoms with Crippen LogP contribution in [-0.4, -0.2) is 9.55 Å². The number of aromatic nitrogens is 3. The van der Waals surface area contributed by atoms with Crippen LogP contribution >= 0.6 is 0 Å². The Morgan fingerprint density at radius 1 is 0.422 bits per heavy atom. The van der Waals surface area contributed by atoms with Gasteiger partial charge >= 0.3 is 0 Å². The number of pyridine rings is 1. The largest absolute Gasteiger partial charge is 0.354 e. The minimum absolute atomic E-state index is 0.656. The van der Waals surface area contributed by atoms with Crippen molar-refractivity contribution in [2.75, 3.05) is 0 Å². The average Bonchev–Trinajstić information content (AvgIpc) is 4.09. The molecule has 8 aromatic carbocycles. The number of rotatable bonds is 6. The molecular formula is C61H43N3. The molecule has 3 nitrogen and oxygen atoms in total. The molecule has 0 amide bonds. The van der Waals surface area contributed by atoms with Gasteiger partial charge in [-0.2, -0.15) is 0 Å². The molecule has 3 heteroatoms. The molecule has 13 rings (SSSR count). The van der Waals surface area contributed by atoms with Crippen LogP contribution in [0.5, 0.6) is 0 Å². The van der Waals surface area contributed by atoms with Crippen LogP contribution in [0.4, 0.5) is 0 Å². The summed E-state index contributed by atoms with van der Waals surface area (Å²) >= 11 is 0. The molecule has 0 unspecified atom stereocenters. The fraction of sp³-hybridized carbons (Fsp3) is 0.0820. The number of fused-ring (bicyclic) bond motifs is 9. The summed E-state index contributed by atoms with van der Waals surface area (Å²) in [6.07, 6.45) is 9.97. The van der Waals surface area contributed by atoms with E-state index in [0.717, 1.165) is 5.69 Å². The van der Waals surface area contributed by atoms with Crippen molar-refractivity contribution in [2.45, 2.75) is 23.3 Å². The Morgan fingerprint density at radius 3 is 1.27 bits per heavy atom. The van der Waals surface area contributed by atoms with Crippen LogP contribution in [0.25, 0.3) is 33.4 Å². The lowest BCUT2D eigenvalue weighted by atomic mass is 9.64. The van der Waals surface area contributed by atoms with Crippen LogP contribution < -0.4 is 4.57 Å². The lowest BCUT2D eigenvalue weighted by Crippen LogP contribution is -2.38. The topological polar surface area (TPSA) is 21.7 Å². The molecule has 2 aromatic heterocycles. The van der Waals surface area contributed by atoms with E-state index in [2.05, 4.69) is 244 Å². The zero-order valence-corrected chi connectivity index (χ0v) is 35.7. The lowest BCUT2D eigenvalue weighted by molar-refractivity contribution is -0.675. The van der Waals surface area contributed by atoms with Crippen molar-refractivity contribution < 1.29 is 4.57 Å². The van der Waals surface area contributed by atoms with Gasteiger partial charge in [-0.25, -0.2) is 0 Å². The Balaban J connectivity index is 1.14. The van der Waals surface area contributed by atoms with E-state index in [1.54, 1.807) is 0 Å². The summed E-state index contributed by atoms with van der Waals surface area (Å²) in [6, 6.07) is 77.3. The molecule has 0 N–H and O–H groups in total. The van der Waals surface area contributed by atoms with Crippen molar-refractivity contribution >= 4 is 0 Å². The zero-order valence-electron chi connectivity index (χ0n) is 35.7. The second-order valence-corrected chi connectivity index (χ2v) is 17.7. The highest BCUT2D eigenvalue weighted by Gasteiger charge is 2.52. The third-order valence-electron chi connectivity index (χ3n) is 14.6. The Labute approximate surface area is 374 Å². The van der Waals surface area contributed by atoms with Crippen LogP contribution in [0.15, 0.2) is 225 Å². The zero-order chi connectivity index (χ0) is 42.6. The van der Waals surface area contributed by atoms with E-state index >= 15 is 0 Å². The van der Waals surface area contributed by atoms with Crippen LogP contribution in [-0.2, 0) is 23.4 Å². The van der Waals surface area contributed by atoms with E-state index in [-0.39, 0.29) is 0 Å². The number of hydrogen-bond donors (Lipinski definition) is 0. The highest BCUT2D eigenvalue weighted by Crippen LogP contribution is 2.60. The van der Waals surface area contributed by atoms with Crippen molar-refractivity contribution in [3.63, 3.8) is 0 Å². The van der Waals surface area contributed by atoms with E-state index < -0.39 is 16.4 Å². The number of aryl methyl sites for hydroxylation is 2. The number of hydrogen-bond acceptors (Lipinski definition) is 1. The van der Waals surface area contributed by atoms with Gasteiger partial charge in [-0.05, 0) is 115 Å². The molecule has 64 heavy (non-hydrogen) atoms. The maximum absolute atomic E-state index is 5.27. The Hall–Kier alpha value is -7.88. The van der Waals surface area contributed by atoms with Gasteiger partial charge in [0.15, 0.2) is 5.54 Å². The maximum Gasteiger partial charge on any atom is 0.204 e. The first-order valence-electron chi connectivity index (χ1n) is 22.3. The Bertz CT molecular complexity index is 3380. The van der Waals surface area contributed by atoms with Gasteiger partial charge in [0.2, 0.25) is 6.33 Å². The predicted molar refractivity (Wildman–Crippen MR) is 255 cm³/mol. The molecule has 2 heterocycles. The molecule has 0 aliphatic heterocycles. The minimum Gasteiger partial charge on any atom is -0.354 e. The van der Waals surface area contributed by atoms with Crippen LogP contribution in [0.1, 0.15) is 66.9 Å². The monoisotopic (exact) mass is 817 g/mol. The van der Waals surface area contributed by atoms with Gasteiger partial charge in [-0.15, -0.1) is 0 Å². The van der Waals surface area contributed by atoms with Crippen LogP contribution in [0.2, 0.25) is 0 Å². The van der Waals surface area contributed by atoms with Crippen molar-refractivity contribution in [2.24, 2.45) is 7.05 Å². The first-order valence-corrected chi connectivity index (χ1v) is 22.3. The van der Waals surface area contributed by atoms with Crippen molar-refractivity contribution in [3.8, 4) is 33.4 Å². The van der Waals surface area contributed by atoms with E-state index in [9.17, 15) is 0 Å². The first kappa shape index (κ1) is 36.7. The molecule has 0 bridgehead atoms. The molecule has 0 radical (unpaired) electrons. The quantitative estimate of drug-likeness (QED) is 0.121. The highest BCUT2D eigenvalue weighted by molar-refractivity contribution is 5.89. The lowest BCUT2D eigenvalue weighted by Gasteiger charge is -2.38. The molecule has 0 saturated carbocycles. The summed E-state index contributed by atoms with van der Waals surface area (Å²) in [6.45, 7) is 2.18. The maximum atomic E-state index is 5.27. The summed E-state index contributed by atoms with van der Waals surface area (Å²) in [5.74, 6) is 0. The minimum atomic E-state index is -0.679.